The van der Waals surface area contributed by atoms with Crippen molar-refractivity contribution < 1.29 is 18.7 Å². The van der Waals surface area contributed by atoms with Gasteiger partial charge in [0.25, 0.3) is 0 Å². The van der Waals surface area contributed by atoms with E-state index in [0.717, 1.165) is 18.9 Å². The number of nitrogens with two attached hydrogens (primary N) is 1. The van der Waals surface area contributed by atoms with Crippen LogP contribution in [0.5, 0.6) is 0 Å². The zero-order valence-electron chi connectivity index (χ0n) is 14.8. The van der Waals surface area contributed by atoms with Crippen LogP contribution in [0.3, 0.4) is 0 Å². The van der Waals surface area contributed by atoms with Crippen molar-refractivity contribution in [2.24, 2.45) is 5.73 Å². The van der Waals surface area contributed by atoms with Crippen molar-refractivity contribution in [1.82, 2.24) is 4.57 Å². The van der Waals surface area contributed by atoms with Crippen LogP contribution in [0.25, 0.3) is 10.9 Å². The van der Waals surface area contributed by atoms with E-state index in [1.807, 2.05) is 0 Å². The highest BCUT2D eigenvalue weighted by Crippen LogP contribution is 2.51. The molecule has 0 amide bonds. The maximum Gasteiger partial charge on any atom is 0.341 e. The Balaban J connectivity index is 1.75. The molecule has 2 aliphatic carbocycles. The summed E-state index contributed by atoms with van der Waals surface area (Å²) in [6, 6.07) is 1.01. The third kappa shape index (κ3) is 2.47. The van der Waals surface area contributed by atoms with Crippen LogP contribution in [0.1, 0.15) is 42.1 Å². The molecule has 0 atom stereocenters. The normalized spacial score (nSPS) is 29.1. The second-order valence-corrected chi connectivity index (χ2v) is 8.83. The smallest absolute Gasteiger partial charge is 0.341 e. The molecule has 6 rings (SSSR count). The number of hydrogen-bond acceptors (Lipinski definition) is 4. The predicted molar refractivity (Wildman–Crippen MR) is 101 cm³/mol. The van der Waals surface area contributed by atoms with Crippen LogP contribution >= 0.6 is 11.6 Å². The summed E-state index contributed by atoms with van der Waals surface area (Å²) in [6.07, 6.45) is 3.36. The number of nitrogens with zero attached hydrogens (tertiary/aromatic N) is 2. The van der Waals surface area contributed by atoms with Gasteiger partial charge in [0, 0.05) is 37.2 Å². The Hall–Kier alpha value is -2.19. The lowest BCUT2D eigenvalue weighted by molar-refractivity contribution is -0.0291. The minimum Gasteiger partial charge on any atom is -0.477 e. The number of carboxylic acids is 1. The number of anilines is 1. The lowest BCUT2D eigenvalue weighted by atomic mass is 9.63. The second kappa shape index (κ2) is 5.45. The highest BCUT2D eigenvalue weighted by molar-refractivity contribution is 6.38. The standard InChI is InChI=1S/C19H18ClF2N3O3/c20-13-14-10(16(26)11(17(27)28)4-25(14)9-1-2-9)3-12(21)15(13)24-7-18(22)5-19(23,6-18)8-24/h3-4,9H,1-2,5-8,23H2,(H,27,28). The number of benzene rings is 1. The zero-order chi connectivity index (χ0) is 20.0. The topological polar surface area (TPSA) is 88.6 Å². The molecule has 0 spiro atoms. The van der Waals surface area contributed by atoms with Crippen LogP contribution in [-0.4, -0.2) is 39.9 Å². The van der Waals surface area contributed by atoms with E-state index in [9.17, 15) is 19.1 Å². The molecule has 28 heavy (non-hydrogen) atoms. The van der Waals surface area contributed by atoms with Gasteiger partial charge in [0.15, 0.2) is 0 Å². The van der Waals surface area contributed by atoms with Gasteiger partial charge in [-0.05, 0) is 18.9 Å². The number of halogens is 3. The largest absolute Gasteiger partial charge is 0.477 e. The molecule has 2 saturated heterocycles. The van der Waals surface area contributed by atoms with Gasteiger partial charge in [0.1, 0.15) is 17.0 Å². The van der Waals surface area contributed by atoms with Gasteiger partial charge >= 0.3 is 5.97 Å². The molecule has 2 aliphatic heterocycles. The van der Waals surface area contributed by atoms with Crippen LogP contribution in [0, 0.1) is 5.82 Å². The third-order valence-corrected chi connectivity index (χ3v) is 6.35. The number of carbonyl (C=O) groups is 1. The molecular formula is C19H18ClF2N3O3. The Bertz CT molecular complexity index is 1090. The average molecular weight is 410 g/mol. The van der Waals surface area contributed by atoms with E-state index in [1.54, 1.807) is 4.57 Å². The fourth-order valence-corrected chi connectivity index (χ4v) is 5.29. The van der Waals surface area contributed by atoms with Crippen LogP contribution in [0.4, 0.5) is 14.5 Å². The van der Waals surface area contributed by atoms with Crippen LogP contribution in [-0.2, 0) is 0 Å². The van der Waals surface area contributed by atoms with Crippen molar-refractivity contribution in [2.75, 3.05) is 18.0 Å². The Morgan fingerprint density at radius 1 is 1.32 bits per heavy atom. The SMILES string of the molecule is NC12CN(c3c(F)cc4c(=O)c(C(=O)O)cn(C5CC5)c4c3Cl)CC(F)(C1)C2. The molecule has 4 aliphatic rings. The van der Waals surface area contributed by atoms with Gasteiger partial charge in [-0.3, -0.25) is 4.79 Å². The van der Waals surface area contributed by atoms with E-state index in [2.05, 4.69) is 0 Å². The first-order chi connectivity index (χ1) is 13.1. The molecule has 2 aromatic rings. The zero-order valence-corrected chi connectivity index (χ0v) is 15.6. The lowest BCUT2D eigenvalue weighted by Gasteiger charge is -2.58. The summed E-state index contributed by atoms with van der Waals surface area (Å²) in [5, 5.41) is 9.24. The molecule has 1 aromatic heterocycles. The molecule has 2 bridgehead atoms. The maximum absolute atomic E-state index is 15.0. The fourth-order valence-electron chi connectivity index (χ4n) is 4.88. The van der Waals surface area contributed by atoms with Gasteiger partial charge in [0.2, 0.25) is 5.43 Å². The molecular weight excluding hydrogens is 392 g/mol. The first-order valence-corrected chi connectivity index (χ1v) is 9.52. The first-order valence-electron chi connectivity index (χ1n) is 9.14. The second-order valence-electron chi connectivity index (χ2n) is 8.46. The van der Waals surface area contributed by atoms with E-state index < -0.39 is 34.0 Å². The van der Waals surface area contributed by atoms with Crippen LogP contribution in [0.2, 0.25) is 5.02 Å². The average Bonchev–Trinajstić information content (AvgIpc) is 3.38. The molecule has 3 heterocycles. The Kier molecular flexibility index (Phi) is 3.48. The Morgan fingerprint density at radius 3 is 2.57 bits per heavy atom. The lowest BCUT2D eigenvalue weighted by Crippen LogP contribution is -2.73. The predicted octanol–water partition coefficient (Wildman–Crippen LogP) is 2.85. The molecule has 1 aromatic carbocycles. The van der Waals surface area contributed by atoms with Gasteiger partial charge in [-0.1, -0.05) is 11.6 Å². The first kappa shape index (κ1) is 17.9. The number of carboxylic acid groups (broad SMARTS) is 1. The quantitative estimate of drug-likeness (QED) is 0.813. The minimum absolute atomic E-state index is 0.000128. The summed E-state index contributed by atoms with van der Waals surface area (Å²) >= 11 is 6.56. The highest BCUT2D eigenvalue weighted by atomic mass is 35.5. The van der Waals surface area contributed by atoms with Crippen molar-refractivity contribution >= 4 is 34.2 Å². The van der Waals surface area contributed by atoms with Crippen LogP contribution in [0.15, 0.2) is 17.1 Å². The molecule has 3 N–H and O–H groups in total. The van der Waals surface area contributed by atoms with Crippen molar-refractivity contribution in [1.29, 1.82) is 0 Å². The van der Waals surface area contributed by atoms with E-state index in [-0.39, 0.29) is 53.6 Å². The molecule has 148 valence electrons. The van der Waals surface area contributed by atoms with Crippen molar-refractivity contribution in [3.8, 4) is 0 Å². The van der Waals surface area contributed by atoms with E-state index >= 15 is 4.39 Å². The molecule has 4 fully saturated rings. The van der Waals surface area contributed by atoms with Crippen molar-refractivity contribution in [2.45, 2.75) is 42.9 Å². The van der Waals surface area contributed by atoms with Gasteiger partial charge < -0.3 is 20.3 Å². The van der Waals surface area contributed by atoms with Gasteiger partial charge in [-0.2, -0.15) is 0 Å². The van der Waals surface area contributed by atoms with Crippen molar-refractivity contribution in [3.05, 3.63) is 38.9 Å². The number of piperidine rings is 2. The van der Waals surface area contributed by atoms with E-state index in [1.165, 1.54) is 11.1 Å². The van der Waals surface area contributed by atoms with E-state index in [0.29, 0.717) is 0 Å². The summed E-state index contributed by atoms with van der Waals surface area (Å²) in [6.45, 7) is 0.247. The molecule has 2 saturated carbocycles. The summed E-state index contributed by atoms with van der Waals surface area (Å²) in [7, 11) is 0. The van der Waals surface area contributed by atoms with E-state index in [4.69, 9.17) is 17.3 Å². The van der Waals surface area contributed by atoms with Gasteiger partial charge in [-0.25, -0.2) is 13.6 Å². The number of alkyl halides is 1. The molecule has 6 nitrogen and oxygen atoms in total. The fraction of sp³-hybridized carbons (Fsp3) is 0.474. The Labute approximate surface area is 163 Å². The van der Waals surface area contributed by atoms with Gasteiger partial charge in [-0.15, -0.1) is 0 Å². The highest BCUT2D eigenvalue weighted by Gasteiger charge is 2.59. The molecule has 9 heteroatoms. The van der Waals surface area contributed by atoms with Crippen LogP contribution < -0.4 is 16.1 Å². The monoisotopic (exact) mass is 409 g/mol. The number of pyridine rings is 1. The number of fused-ring (bicyclic) bond motifs is 3. The van der Waals surface area contributed by atoms with Crippen molar-refractivity contribution in [3.63, 3.8) is 0 Å². The Morgan fingerprint density at radius 2 is 2.00 bits per heavy atom. The summed E-state index contributed by atoms with van der Waals surface area (Å²) < 4.78 is 31.4. The maximum atomic E-state index is 15.0. The van der Waals surface area contributed by atoms with Gasteiger partial charge in [0.05, 0.1) is 28.2 Å². The summed E-state index contributed by atoms with van der Waals surface area (Å²) in [4.78, 5) is 25.6. The number of hydrogen-bond donors (Lipinski definition) is 2. The number of aromatic nitrogens is 1. The number of rotatable bonds is 3. The summed E-state index contributed by atoms with van der Waals surface area (Å²) in [5.41, 5.74) is 3.06. The third-order valence-electron chi connectivity index (χ3n) is 5.99. The summed E-state index contributed by atoms with van der Waals surface area (Å²) in [5.74, 6) is -2.16. The number of aromatic carboxylic acids is 1. The molecule has 0 radical (unpaired) electrons. The molecule has 0 unspecified atom stereocenters. The minimum atomic E-state index is -1.47.